The molecule has 5 nitrogen and oxygen atoms in total. The number of nitriles is 1. The molecule has 0 unspecified atom stereocenters. The summed E-state index contributed by atoms with van der Waals surface area (Å²) >= 11 is 0. The molecule has 7 heteroatoms. The van der Waals surface area contributed by atoms with E-state index in [1.807, 2.05) is 24.5 Å². The van der Waals surface area contributed by atoms with Gasteiger partial charge in [-0.2, -0.15) is 5.26 Å². The number of hydrogen-bond donors (Lipinski definition) is 1. The summed E-state index contributed by atoms with van der Waals surface area (Å²) in [6.07, 6.45) is 2.36. The summed E-state index contributed by atoms with van der Waals surface area (Å²) in [7, 11) is -3.89. The van der Waals surface area contributed by atoms with Crippen molar-refractivity contribution < 1.29 is 12.8 Å². The van der Waals surface area contributed by atoms with Gasteiger partial charge in [0.15, 0.2) is 0 Å². The summed E-state index contributed by atoms with van der Waals surface area (Å²) < 4.78 is 40.0. The Kier molecular flexibility index (Phi) is 5.28. The first-order valence-corrected chi connectivity index (χ1v) is 10.5. The van der Waals surface area contributed by atoms with E-state index in [0.29, 0.717) is 35.0 Å². The van der Waals surface area contributed by atoms with Gasteiger partial charge in [0.1, 0.15) is 11.9 Å². The van der Waals surface area contributed by atoms with Crippen molar-refractivity contribution in [2.75, 3.05) is 0 Å². The van der Waals surface area contributed by atoms with Crippen LogP contribution in [-0.4, -0.2) is 13.0 Å². The standard InChI is InChI=1S/C21H22FN3O2S/c1-4-15(19-8-13(2)7-14(3)21(19)28(24,26)27)11-25-12-16(10-23)18-9-17(22)5-6-20(18)25/h5-9,12,15H,4,11H2,1-3H3,(H2,24,26,27)/t15-/m1/s1. The van der Waals surface area contributed by atoms with Gasteiger partial charge in [0.05, 0.1) is 10.5 Å². The van der Waals surface area contributed by atoms with Crippen molar-refractivity contribution in [3.05, 3.63) is 64.6 Å². The first-order chi connectivity index (χ1) is 13.2. The second-order valence-corrected chi connectivity index (χ2v) is 8.62. The average Bonchev–Trinajstić information content (AvgIpc) is 2.94. The van der Waals surface area contributed by atoms with Crippen molar-refractivity contribution in [3.8, 4) is 6.07 Å². The second kappa shape index (κ2) is 7.38. The van der Waals surface area contributed by atoms with Crippen molar-refractivity contribution in [3.63, 3.8) is 0 Å². The Morgan fingerprint density at radius 3 is 2.57 bits per heavy atom. The van der Waals surface area contributed by atoms with Crippen LogP contribution in [0, 0.1) is 31.0 Å². The molecule has 146 valence electrons. The second-order valence-electron chi connectivity index (χ2n) is 7.12. The third-order valence-electron chi connectivity index (χ3n) is 5.05. The summed E-state index contributed by atoms with van der Waals surface area (Å²) in [5.41, 5.74) is 3.36. The lowest BCUT2D eigenvalue weighted by Gasteiger charge is -2.22. The zero-order chi connectivity index (χ0) is 20.6. The van der Waals surface area contributed by atoms with E-state index >= 15 is 0 Å². The Bertz CT molecular complexity index is 1210. The zero-order valence-electron chi connectivity index (χ0n) is 16.0. The SMILES string of the molecule is CC[C@H](Cn1cc(C#N)c2cc(F)ccc21)c1cc(C)cc(C)c1S(N)(=O)=O. The molecule has 0 fully saturated rings. The number of primary sulfonamides is 1. The monoisotopic (exact) mass is 399 g/mol. The molecule has 0 saturated carbocycles. The molecule has 0 aliphatic heterocycles. The van der Waals surface area contributed by atoms with Crippen LogP contribution in [0.15, 0.2) is 41.4 Å². The average molecular weight is 399 g/mol. The Balaban J connectivity index is 2.16. The molecule has 0 aliphatic rings. The van der Waals surface area contributed by atoms with Gasteiger partial charge in [-0.1, -0.05) is 24.6 Å². The molecule has 2 N–H and O–H groups in total. The molecular weight excluding hydrogens is 377 g/mol. The van der Waals surface area contributed by atoms with E-state index < -0.39 is 15.8 Å². The molecule has 3 aromatic rings. The Morgan fingerprint density at radius 2 is 1.96 bits per heavy atom. The molecule has 2 aromatic carbocycles. The van der Waals surface area contributed by atoms with Gasteiger partial charge in [0.2, 0.25) is 10.0 Å². The molecular formula is C21H22FN3O2S. The highest BCUT2D eigenvalue weighted by Crippen LogP contribution is 2.33. The summed E-state index contributed by atoms with van der Waals surface area (Å²) in [4.78, 5) is 0.160. The number of nitrogens with two attached hydrogens (primary N) is 1. The van der Waals surface area contributed by atoms with Crippen LogP contribution in [0.3, 0.4) is 0 Å². The molecule has 1 atom stereocenters. The van der Waals surface area contributed by atoms with Gasteiger partial charge in [-0.05, 0) is 49.6 Å². The minimum atomic E-state index is -3.89. The number of benzene rings is 2. The van der Waals surface area contributed by atoms with Gasteiger partial charge in [-0.25, -0.2) is 17.9 Å². The molecule has 0 aliphatic carbocycles. The Labute approximate surface area is 164 Å². The van der Waals surface area contributed by atoms with Crippen LogP contribution in [0.25, 0.3) is 10.9 Å². The van der Waals surface area contributed by atoms with Crippen LogP contribution in [0.1, 0.15) is 41.5 Å². The van der Waals surface area contributed by atoms with Crippen LogP contribution in [0.4, 0.5) is 4.39 Å². The van der Waals surface area contributed by atoms with Crippen molar-refractivity contribution in [2.24, 2.45) is 5.14 Å². The Hall–Kier alpha value is -2.69. The van der Waals surface area contributed by atoms with Gasteiger partial charge in [-0.3, -0.25) is 0 Å². The third kappa shape index (κ3) is 3.66. The summed E-state index contributed by atoms with van der Waals surface area (Å²) in [6.45, 7) is 6.08. The highest BCUT2D eigenvalue weighted by atomic mass is 32.2. The van der Waals surface area contributed by atoms with Gasteiger partial charge >= 0.3 is 0 Å². The van der Waals surface area contributed by atoms with E-state index in [0.717, 1.165) is 11.1 Å². The lowest BCUT2D eigenvalue weighted by molar-refractivity contribution is 0.542. The first kappa shape index (κ1) is 20.1. The highest BCUT2D eigenvalue weighted by Gasteiger charge is 2.24. The molecule has 0 radical (unpaired) electrons. The lowest BCUT2D eigenvalue weighted by Crippen LogP contribution is -2.19. The van der Waals surface area contributed by atoms with E-state index in [1.165, 1.54) is 12.1 Å². The maximum Gasteiger partial charge on any atom is 0.238 e. The first-order valence-electron chi connectivity index (χ1n) is 8.98. The fraction of sp³-hybridized carbons (Fsp3) is 0.286. The topological polar surface area (TPSA) is 88.9 Å². The predicted octanol–water partition coefficient (Wildman–Crippen LogP) is 4.11. The molecule has 3 rings (SSSR count). The maximum absolute atomic E-state index is 13.6. The number of sulfonamides is 1. The van der Waals surface area contributed by atoms with E-state index in [4.69, 9.17) is 5.14 Å². The quantitative estimate of drug-likeness (QED) is 0.700. The van der Waals surface area contributed by atoms with E-state index in [2.05, 4.69) is 6.07 Å². The molecule has 1 aromatic heterocycles. The van der Waals surface area contributed by atoms with Gasteiger partial charge in [0.25, 0.3) is 0 Å². The minimum Gasteiger partial charge on any atom is -0.345 e. The zero-order valence-corrected chi connectivity index (χ0v) is 16.8. The fourth-order valence-corrected chi connectivity index (χ4v) is 4.94. The minimum absolute atomic E-state index is 0.140. The third-order valence-corrected chi connectivity index (χ3v) is 6.17. The number of rotatable bonds is 5. The van der Waals surface area contributed by atoms with Crippen LogP contribution < -0.4 is 5.14 Å². The number of aryl methyl sites for hydroxylation is 2. The van der Waals surface area contributed by atoms with Crippen molar-refractivity contribution in [1.82, 2.24) is 4.57 Å². The number of nitrogens with zero attached hydrogens (tertiary/aromatic N) is 2. The molecule has 0 amide bonds. The molecule has 0 saturated heterocycles. The van der Waals surface area contributed by atoms with Crippen molar-refractivity contribution in [1.29, 1.82) is 5.26 Å². The van der Waals surface area contributed by atoms with Crippen LogP contribution in [-0.2, 0) is 16.6 Å². The van der Waals surface area contributed by atoms with E-state index in [1.54, 1.807) is 25.3 Å². The summed E-state index contributed by atoms with van der Waals surface area (Å²) in [6, 6.07) is 10.1. The smallest absolute Gasteiger partial charge is 0.238 e. The van der Waals surface area contributed by atoms with E-state index in [9.17, 15) is 18.1 Å². The Morgan fingerprint density at radius 1 is 1.25 bits per heavy atom. The number of fused-ring (bicyclic) bond motifs is 1. The molecule has 0 spiro atoms. The van der Waals surface area contributed by atoms with Crippen LogP contribution in [0.2, 0.25) is 0 Å². The predicted molar refractivity (Wildman–Crippen MR) is 107 cm³/mol. The number of halogens is 1. The largest absolute Gasteiger partial charge is 0.345 e. The van der Waals surface area contributed by atoms with Crippen molar-refractivity contribution in [2.45, 2.75) is 44.6 Å². The molecule has 0 bridgehead atoms. The van der Waals surface area contributed by atoms with Crippen LogP contribution in [0.5, 0.6) is 0 Å². The van der Waals surface area contributed by atoms with Gasteiger partial charge in [0, 0.05) is 29.6 Å². The van der Waals surface area contributed by atoms with Gasteiger partial charge < -0.3 is 4.57 Å². The fourth-order valence-electron chi connectivity index (χ4n) is 3.87. The normalized spacial score (nSPS) is 12.9. The highest BCUT2D eigenvalue weighted by molar-refractivity contribution is 7.89. The summed E-state index contributed by atoms with van der Waals surface area (Å²) in [5, 5.41) is 15.4. The maximum atomic E-state index is 13.6. The van der Waals surface area contributed by atoms with E-state index in [-0.39, 0.29) is 10.8 Å². The van der Waals surface area contributed by atoms with Crippen molar-refractivity contribution >= 4 is 20.9 Å². The van der Waals surface area contributed by atoms with Crippen LogP contribution >= 0.6 is 0 Å². The molecule has 1 heterocycles. The van der Waals surface area contributed by atoms with Gasteiger partial charge in [-0.15, -0.1) is 0 Å². The summed E-state index contributed by atoms with van der Waals surface area (Å²) in [5.74, 6) is -0.543. The molecule has 28 heavy (non-hydrogen) atoms. The number of aromatic nitrogens is 1. The number of hydrogen-bond acceptors (Lipinski definition) is 3. The lowest BCUT2D eigenvalue weighted by atomic mass is 9.93.